The Kier molecular flexibility index (Phi) is 8.04. The van der Waals surface area contributed by atoms with Crippen LogP contribution in [0.25, 0.3) is 0 Å². The number of hydrogen-bond donors (Lipinski definition) is 1. The quantitative estimate of drug-likeness (QED) is 0.742. The highest BCUT2D eigenvalue weighted by molar-refractivity contribution is 6.32. The van der Waals surface area contributed by atoms with Crippen LogP contribution in [0.4, 0.5) is 0 Å². The second-order valence-corrected chi connectivity index (χ2v) is 7.72. The molecule has 0 aromatic heterocycles. The van der Waals surface area contributed by atoms with E-state index in [4.69, 9.17) is 21.1 Å². The van der Waals surface area contributed by atoms with Gasteiger partial charge in [-0.1, -0.05) is 25.4 Å². The Bertz CT molecular complexity index is 599. The molecule has 6 heteroatoms. The lowest BCUT2D eigenvalue weighted by Gasteiger charge is -2.32. The molecule has 2 rings (SSSR count). The van der Waals surface area contributed by atoms with E-state index in [1.807, 2.05) is 11.9 Å². The first-order chi connectivity index (χ1) is 12.5. The van der Waals surface area contributed by atoms with Crippen molar-refractivity contribution in [3.05, 3.63) is 22.7 Å². The standard InChI is InChI=1S/C20H31ClN2O3/c1-14(2)7-10-26-19-17(21)11-16(12-18(19)25-4)20(24)23-8-5-15(6-9-23)13-22-3/h11-12,14-15,22H,5-10,13H2,1-4H3. The van der Waals surface area contributed by atoms with Gasteiger partial charge in [0.25, 0.3) is 5.91 Å². The van der Waals surface area contributed by atoms with E-state index >= 15 is 0 Å². The molecule has 0 atom stereocenters. The average Bonchev–Trinajstić information content (AvgIpc) is 2.62. The van der Waals surface area contributed by atoms with Gasteiger partial charge in [-0.15, -0.1) is 0 Å². The number of nitrogens with zero attached hydrogens (tertiary/aromatic N) is 1. The molecule has 1 amide bonds. The van der Waals surface area contributed by atoms with Crippen LogP contribution in [0.15, 0.2) is 12.1 Å². The molecule has 1 aromatic carbocycles. The maximum atomic E-state index is 12.9. The van der Waals surface area contributed by atoms with E-state index in [0.29, 0.717) is 40.5 Å². The molecule has 26 heavy (non-hydrogen) atoms. The number of piperidine rings is 1. The van der Waals surface area contributed by atoms with E-state index in [0.717, 1.165) is 38.9 Å². The van der Waals surface area contributed by atoms with Gasteiger partial charge in [0.2, 0.25) is 0 Å². The highest BCUT2D eigenvalue weighted by atomic mass is 35.5. The molecular formula is C20H31ClN2O3. The Morgan fingerprint density at radius 3 is 2.62 bits per heavy atom. The molecule has 1 fully saturated rings. The Labute approximate surface area is 162 Å². The van der Waals surface area contributed by atoms with Crippen LogP contribution in [-0.2, 0) is 0 Å². The number of halogens is 1. The number of methoxy groups -OCH3 is 1. The van der Waals surface area contributed by atoms with E-state index in [9.17, 15) is 4.79 Å². The van der Waals surface area contributed by atoms with E-state index in [1.165, 1.54) is 0 Å². The molecule has 1 heterocycles. The molecule has 0 bridgehead atoms. The first kappa shape index (κ1) is 20.8. The van der Waals surface area contributed by atoms with Crippen LogP contribution in [-0.4, -0.2) is 51.2 Å². The summed E-state index contributed by atoms with van der Waals surface area (Å²) >= 11 is 6.39. The maximum Gasteiger partial charge on any atom is 0.254 e. The van der Waals surface area contributed by atoms with Gasteiger partial charge in [-0.25, -0.2) is 0 Å². The fourth-order valence-corrected chi connectivity index (χ4v) is 3.46. The van der Waals surface area contributed by atoms with E-state index in [2.05, 4.69) is 19.2 Å². The van der Waals surface area contributed by atoms with Crippen LogP contribution in [0.5, 0.6) is 11.5 Å². The van der Waals surface area contributed by atoms with Crippen molar-refractivity contribution in [2.75, 3.05) is 40.4 Å². The maximum absolute atomic E-state index is 12.9. The van der Waals surface area contributed by atoms with Crippen molar-refractivity contribution in [2.24, 2.45) is 11.8 Å². The summed E-state index contributed by atoms with van der Waals surface area (Å²) in [7, 11) is 3.54. The van der Waals surface area contributed by atoms with E-state index in [1.54, 1.807) is 19.2 Å². The third kappa shape index (κ3) is 5.52. The Balaban J connectivity index is 2.07. The third-order valence-corrected chi connectivity index (χ3v) is 5.09. The zero-order chi connectivity index (χ0) is 19.1. The summed E-state index contributed by atoms with van der Waals surface area (Å²) in [5.41, 5.74) is 0.551. The van der Waals surface area contributed by atoms with Crippen molar-refractivity contribution < 1.29 is 14.3 Å². The number of rotatable bonds is 8. The lowest BCUT2D eigenvalue weighted by molar-refractivity contribution is 0.0690. The van der Waals surface area contributed by atoms with Crippen molar-refractivity contribution in [3.8, 4) is 11.5 Å². The molecule has 0 unspecified atom stereocenters. The first-order valence-electron chi connectivity index (χ1n) is 9.40. The lowest BCUT2D eigenvalue weighted by Crippen LogP contribution is -2.40. The van der Waals surface area contributed by atoms with Crippen molar-refractivity contribution in [3.63, 3.8) is 0 Å². The SMILES string of the molecule is CNCC1CCN(C(=O)c2cc(Cl)c(OCCC(C)C)c(OC)c2)CC1. The fourth-order valence-electron chi connectivity index (χ4n) is 3.19. The van der Waals surface area contributed by atoms with E-state index < -0.39 is 0 Å². The largest absolute Gasteiger partial charge is 0.493 e. The average molecular weight is 383 g/mol. The third-order valence-electron chi connectivity index (χ3n) is 4.81. The van der Waals surface area contributed by atoms with Gasteiger partial charge in [-0.3, -0.25) is 4.79 Å². The number of hydrogen-bond acceptors (Lipinski definition) is 4. The van der Waals surface area contributed by atoms with Gasteiger partial charge in [0, 0.05) is 18.7 Å². The number of likely N-dealkylation sites (tertiary alicyclic amines) is 1. The molecule has 1 N–H and O–H groups in total. The summed E-state index contributed by atoms with van der Waals surface area (Å²) in [4.78, 5) is 14.8. The number of carbonyl (C=O) groups is 1. The Morgan fingerprint density at radius 2 is 2.04 bits per heavy atom. The Morgan fingerprint density at radius 1 is 1.35 bits per heavy atom. The van der Waals surface area contributed by atoms with Crippen LogP contribution >= 0.6 is 11.6 Å². The van der Waals surface area contributed by atoms with Gasteiger partial charge in [-0.05, 0) is 56.8 Å². The van der Waals surface area contributed by atoms with Crippen molar-refractivity contribution in [1.29, 1.82) is 0 Å². The van der Waals surface area contributed by atoms with Crippen LogP contribution in [0.1, 0.15) is 43.5 Å². The molecule has 0 aliphatic carbocycles. The highest BCUT2D eigenvalue weighted by Crippen LogP contribution is 2.37. The molecular weight excluding hydrogens is 352 g/mol. The van der Waals surface area contributed by atoms with Gasteiger partial charge in [0.05, 0.1) is 18.7 Å². The van der Waals surface area contributed by atoms with Crippen LogP contribution in [0.3, 0.4) is 0 Å². The fraction of sp³-hybridized carbons (Fsp3) is 0.650. The summed E-state index contributed by atoms with van der Waals surface area (Å²) in [6.45, 7) is 7.41. The molecule has 1 saturated heterocycles. The van der Waals surface area contributed by atoms with Crippen LogP contribution in [0, 0.1) is 11.8 Å². The summed E-state index contributed by atoms with van der Waals surface area (Å²) in [5, 5.41) is 3.63. The van der Waals surface area contributed by atoms with Crippen LogP contribution in [0.2, 0.25) is 5.02 Å². The van der Waals surface area contributed by atoms with Gasteiger partial charge in [-0.2, -0.15) is 0 Å². The van der Waals surface area contributed by atoms with Crippen LogP contribution < -0.4 is 14.8 Å². The normalized spacial score (nSPS) is 15.4. The molecule has 5 nitrogen and oxygen atoms in total. The highest BCUT2D eigenvalue weighted by Gasteiger charge is 2.25. The molecule has 0 saturated carbocycles. The number of amides is 1. The zero-order valence-corrected chi connectivity index (χ0v) is 17.1. The van der Waals surface area contributed by atoms with Gasteiger partial charge in [0.1, 0.15) is 0 Å². The minimum absolute atomic E-state index is 0.00170. The molecule has 1 aliphatic heterocycles. The van der Waals surface area contributed by atoms with Crippen molar-refractivity contribution in [1.82, 2.24) is 10.2 Å². The topological polar surface area (TPSA) is 50.8 Å². The van der Waals surface area contributed by atoms with E-state index in [-0.39, 0.29) is 5.91 Å². The number of ether oxygens (including phenoxy) is 2. The lowest BCUT2D eigenvalue weighted by atomic mass is 9.96. The zero-order valence-electron chi connectivity index (χ0n) is 16.3. The summed E-state index contributed by atoms with van der Waals surface area (Å²) < 4.78 is 11.2. The molecule has 1 aliphatic rings. The van der Waals surface area contributed by atoms with Gasteiger partial charge < -0.3 is 19.7 Å². The minimum Gasteiger partial charge on any atom is -0.493 e. The van der Waals surface area contributed by atoms with Crippen molar-refractivity contribution >= 4 is 17.5 Å². The first-order valence-corrected chi connectivity index (χ1v) is 9.78. The Hall–Kier alpha value is -1.46. The summed E-state index contributed by atoms with van der Waals surface area (Å²) in [5.74, 6) is 2.21. The van der Waals surface area contributed by atoms with Gasteiger partial charge >= 0.3 is 0 Å². The van der Waals surface area contributed by atoms with Gasteiger partial charge in [0.15, 0.2) is 11.5 Å². The number of nitrogens with one attached hydrogen (secondary N) is 1. The smallest absolute Gasteiger partial charge is 0.254 e. The second-order valence-electron chi connectivity index (χ2n) is 7.31. The molecule has 0 spiro atoms. The van der Waals surface area contributed by atoms with Crippen molar-refractivity contribution in [2.45, 2.75) is 33.1 Å². The molecule has 146 valence electrons. The predicted octanol–water partition coefficient (Wildman–Crippen LogP) is 3.85. The summed E-state index contributed by atoms with van der Waals surface area (Å²) in [6, 6.07) is 3.43. The molecule has 0 radical (unpaired) electrons. The summed E-state index contributed by atoms with van der Waals surface area (Å²) in [6.07, 6.45) is 2.98. The predicted molar refractivity (Wildman–Crippen MR) is 106 cm³/mol. The minimum atomic E-state index is 0.00170. The monoisotopic (exact) mass is 382 g/mol. The second kappa shape index (κ2) is 10.0. The number of benzene rings is 1. The molecule has 1 aromatic rings. The number of carbonyl (C=O) groups excluding carboxylic acids is 1.